The quantitative estimate of drug-likeness (QED) is 0.285. The Balaban J connectivity index is 1.08. The number of hydrogen-bond acceptors (Lipinski definition) is 8. The third kappa shape index (κ3) is 5.77. The number of morpholine rings is 1. The van der Waals surface area contributed by atoms with Gasteiger partial charge in [0.15, 0.2) is 5.65 Å². The van der Waals surface area contributed by atoms with Crippen molar-refractivity contribution < 1.29 is 14.3 Å². The van der Waals surface area contributed by atoms with Gasteiger partial charge >= 0.3 is 0 Å². The van der Waals surface area contributed by atoms with Gasteiger partial charge in [-0.15, -0.1) is 0 Å². The molecule has 2 amide bonds. The molecule has 0 bridgehead atoms. The Bertz CT molecular complexity index is 1910. The predicted molar refractivity (Wildman–Crippen MR) is 178 cm³/mol. The summed E-state index contributed by atoms with van der Waals surface area (Å²) in [6.45, 7) is 6.79. The number of aryl methyl sites for hydroxylation is 1. The summed E-state index contributed by atoms with van der Waals surface area (Å²) in [5.74, 6) is 0.0359. The van der Waals surface area contributed by atoms with E-state index in [0.29, 0.717) is 31.1 Å². The van der Waals surface area contributed by atoms with Crippen molar-refractivity contribution in [3.8, 4) is 22.3 Å². The Morgan fingerprint density at radius 3 is 2.41 bits per heavy atom. The number of imidazole rings is 1. The Morgan fingerprint density at radius 2 is 1.67 bits per heavy atom. The van der Waals surface area contributed by atoms with Crippen LogP contribution in [0.15, 0.2) is 73.3 Å². The molecule has 5 heterocycles. The first-order valence-electron chi connectivity index (χ1n) is 15.6. The van der Waals surface area contributed by atoms with E-state index in [4.69, 9.17) is 15.5 Å². The molecular formula is C35H36N8O3. The minimum absolute atomic E-state index is 0.0757. The number of nitrogens with one attached hydrogen (secondary N) is 1. The molecule has 46 heavy (non-hydrogen) atoms. The van der Waals surface area contributed by atoms with E-state index in [1.54, 1.807) is 25.5 Å². The molecule has 7 rings (SSSR count). The molecule has 2 aliphatic rings. The van der Waals surface area contributed by atoms with Crippen LogP contribution in [0, 0.1) is 0 Å². The molecule has 2 aliphatic heterocycles. The van der Waals surface area contributed by atoms with Crippen LogP contribution in [0.3, 0.4) is 0 Å². The van der Waals surface area contributed by atoms with Gasteiger partial charge in [0.1, 0.15) is 5.69 Å². The normalized spacial score (nSPS) is 16.3. The lowest BCUT2D eigenvalue weighted by Crippen LogP contribution is -2.40. The number of aromatic nitrogens is 4. The van der Waals surface area contributed by atoms with Crippen LogP contribution in [-0.2, 0) is 22.5 Å². The smallest absolute Gasteiger partial charge is 0.271 e. The van der Waals surface area contributed by atoms with Gasteiger partial charge in [-0.2, -0.15) is 0 Å². The Morgan fingerprint density at radius 1 is 0.935 bits per heavy atom. The molecule has 3 N–H and O–H groups in total. The summed E-state index contributed by atoms with van der Waals surface area (Å²) in [4.78, 5) is 42.7. The number of ether oxygens (including phenoxy) is 1. The molecule has 1 atom stereocenters. The first-order valence-corrected chi connectivity index (χ1v) is 15.6. The predicted octanol–water partition coefficient (Wildman–Crippen LogP) is 4.49. The van der Waals surface area contributed by atoms with Crippen molar-refractivity contribution >= 4 is 34.8 Å². The van der Waals surface area contributed by atoms with Crippen LogP contribution in [0.5, 0.6) is 0 Å². The highest BCUT2D eigenvalue weighted by molar-refractivity contribution is 5.94. The van der Waals surface area contributed by atoms with Crippen LogP contribution < -0.4 is 20.9 Å². The van der Waals surface area contributed by atoms with Crippen LogP contribution in [0.1, 0.15) is 41.9 Å². The molecule has 1 fully saturated rings. The highest BCUT2D eigenvalue weighted by Gasteiger charge is 2.26. The maximum atomic E-state index is 13.3. The van der Waals surface area contributed by atoms with Crippen molar-refractivity contribution in [3.05, 3.63) is 90.1 Å². The van der Waals surface area contributed by atoms with Crippen LogP contribution in [0.2, 0.25) is 0 Å². The lowest BCUT2D eigenvalue weighted by molar-refractivity contribution is -0.117. The van der Waals surface area contributed by atoms with E-state index in [1.165, 1.54) is 5.56 Å². The Labute approximate surface area is 267 Å². The van der Waals surface area contributed by atoms with Crippen molar-refractivity contribution in [2.75, 3.05) is 41.8 Å². The fourth-order valence-corrected chi connectivity index (χ4v) is 6.37. The summed E-state index contributed by atoms with van der Waals surface area (Å²) >= 11 is 0. The van der Waals surface area contributed by atoms with Crippen molar-refractivity contribution in [1.29, 1.82) is 0 Å². The number of benzene rings is 2. The average Bonchev–Trinajstić information content (AvgIpc) is 3.52. The van der Waals surface area contributed by atoms with Crippen molar-refractivity contribution in [3.63, 3.8) is 0 Å². The van der Waals surface area contributed by atoms with Crippen LogP contribution >= 0.6 is 0 Å². The lowest BCUT2D eigenvalue weighted by Gasteiger charge is -2.34. The number of rotatable bonds is 6. The number of carbonyl (C=O) groups is 2. The van der Waals surface area contributed by atoms with E-state index in [2.05, 4.69) is 57.4 Å². The summed E-state index contributed by atoms with van der Waals surface area (Å²) in [6, 6.07) is 16.8. The molecule has 3 aromatic heterocycles. The third-order valence-corrected chi connectivity index (χ3v) is 8.81. The van der Waals surface area contributed by atoms with Gasteiger partial charge in [-0.05, 0) is 60.2 Å². The fourth-order valence-electron chi connectivity index (χ4n) is 6.37. The molecule has 1 saturated heterocycles. The molecule has 0 radical (unpaired) electrons. The first kappa shape index (κ1) is 29.4. The lowest BCUT2D eigenvalue weighted by atomic mass is 9.93. The number of nitrogens with zero attached hydrogens (tertiary/aromatic N) is 6. The number of nitrogen functional groups attached to an aromatic ring is 1. The molecule has 5 aromatic rings. The number of nitrogens with two attached hydrogens (primary N) is 1. The maximum Gasteiger partial charge on any atom is 0.271 e. The number of pyridine rings is 1. The van der Waals surface area contributed by atoms with E-state index in [0.717, 1.165) is 65.1 Å². The highest BCUT2D eigenvalue weighted by atomic mass is 16.5. The largest absolute Gasteiger partial charge is 0.378 e. The Kier molecular flexibility index (Phi) is 7.83. The zero-order valence-corrected chi connectivity index (χ0v) is 25.9. The average molecular weight is 617 g/mol. The zero-order chi connectivity index (χ0) is 31.8. The van der Waals surface area contributed by atoms with Crippen LogP contribution in [-0.4, -0.2) is 63.5 Å². The molecule has 0 unspecified atom stereocenters. The van der Waals surface area contributed by atoms with Gasteiger partial charge in [0.25, 0.3) is 5.91 Å². The van der Waals surface area contributed by atoms with Crippen molar-refractivity contribution in [2.45, 2.75) is 39.3 Å². The summed E-state index contributed by atoms with van der Waals surface area (Å²) in [6.07, 6.45) is 8.96. The number of fused-ring (bicyclic) bond motifs is 2. The summed E-state index contributed by atoms with van der Waals surface area (Å²) in [5.41, 5.74) is 14.7. The molecule has 234 valence electrons. The molecule has 11 heteroatoms. The maximum absolute atomic E-state index is 13.3. The van der Waals surface area contributed by atoms with E-state index in [9.17, 15) is 9.59 Å². The van der Waals surface area contributed by atoms with E-state index < -0.39 is 0 Å². The topological polar surface area (TPSA) is 131 Å². The van der Waals surface area contributed by atoms with Gasteiger partial charge in [-0.1, -0.05) is 30.3 Å². The second-order valence-corrected chi connectivity index (χ2v) is 11.9. The van der Waals surface area contributed by atoms with Gasteiger partial charge in [0.05, 0.1) is 18.9 Å². The molecule has 11 nitrogen and oxygen atoms in total. The first-order chi connectivity index (χ1) is 22.3. The monoisotopic (exact) mass is 616 g/mol. The minimum Gasteiger partial charge on any atom is -0.378 e. The Hall–Kier alpha value is -5.29. The summed E-state index contributed by atoms with van der Waals surface area (Å²) in [5, 5.41) is 3.03. The minimum atomic E-state index is -0.253. The van der Waals surface area contributed by atoms with E-state index in [-0.39, 0.29) is 23.8 Å². The second kappa shape index (κ2) is 12.2. The van der Waals surface area contributed by atoms with Crippen molar-refractivity contribution in [2.24, 2.45) is 0 Å². The van der Waals surface area contributed by atoms with Gasteiger partial charge in [0.2, 0.25) is 11.9 Å². The number of amides is 2. The number of carbonyl (C=O) groups excluding carboxylic acids is 2. The van der Waals surface area contributed by atoms with Gasteiger partial charge in [-0.3, -0.25) is 9.59 Å². The van der Waals surface area contributed by atoms with Crippen LogP contribution in [0.4, 0.5) is 17.3 Å². The molecule has 0 spiro atoms. The number of hydrogen-bond donors (Lipinski definition) is 2. The van der Waals surface area contributed by atoms with E-state index in [1.807, 2.05) is 33.7 Å². The van der Waals surface area contributed by atoms with Gasteiger partial charge < -0.3 is 30.0 Å². The SMILES string of the molecule is CC(=O)N1c2ccc(-c3ccc(CNC(=O)c4cn5cc(-c6cnc(N)nc6)cc(N6CCOCC6)c5n4)cc3)cc2CC[C@@H]1C. The zero-order valence-electron chi connectivity index (χ0n) is 25.9. The third-order valence-electron chi connectivity index (χ3n) is 8.81. The van der Waals surface area contributed by atoms with E-state index >= 15 is 0 Å². The molecular weight excluding hydrogens is 580 g/mol. The molecule has 2 aromatic carbocycles. The fraction of sp³-hybridized carbons (Fsp3) is 0.286. The van der Waals surface area contributed by atoms with Crippen LogP contribution in [0.25, 0.3) is 27.9 Å². The van der Waals surface area contributed by atoms with Crippen molar-refractivity contribution in [1.82, 2.24) is 24.7 Å². The number of anilines is 3. The second-order valence-electron chi connectivity index (χ2n) is 11.9. The van der Waals surface area contributed by atoms with Gasteiger partial charge in [0, 0.05) is 74.2 Å². The standard InChI is InChI=1S/C35H36N8O3/c1-22-3-6-27-15-26(9-10-31(27)43(22)23(2)44)25-7-4-24(5-8-25)17-37-34(45)30-21-42-20-28(29-18-38-35(36)39-19-29)16-32(33(42)40-30)41-11-13-46-14-12-41/h4-5,7-10,15-16,18-22H,3,6,11-14,17H2,1-2H3,(H,37,45)(H2,36,38,39)/t22-/m0/s1. The van der Waals surface area contributed by atoms with Gasteiger partial charge in [-0.25, -0.2) is 15.0 Å². The highest BCUT2D eigenvalue weighted by Crippen LogP contribution is 2.34. The summed E-state index contributed by atoms with van der Waals surface area (Å²) < 4.78 is 7.45. The molecule has 0 aliphatic carbocycles. The molecule has 0 saturated carbocycles. The summed E-state index contributed by atoms with van der Waals surface area (Å²) in [7, 11) is 0.